The average molecular weight is 216 g/mol. The van der Waals surface area contributed by atoms with Crippen molar-refractivity contribution >= 4 is 0 Å². The van der Waals surface area contributed by atoms with Gasteiger partial charge in [-0.3, -0.25) is 0 Å². The van der Waals surface area contributed by atoms with E-state index in [4.69, 9.17) is 0 Å². The third-order valence-corrected chi connectivity index (χ3v) is 2.70. The molecule has 2 aromatic rings. The Bertz CT molecular complexity index is 436. The van der Waals surface area contributed by atoms with E-state index in [1.54, 1.807) is 12.5 Å². The first-order chi connectivity index (χ1) is 7.81. The molecule has 0 saturated heterocycles. The smallest absolute Gasteiger partial charge is 0.0995 e. The number of imidazole rings is 1. The Morgan fingerprint density at radius 3 is 2.75 bits per heavy atom. The van der Waals surface area contributed by atoms with Crippen molar-refractivity contribution in [3.05, 3.63) is 54.1 Å². The number of hydrogen-bond donors (Lipinski definition) is 1. The summed E-state index contributed by atoms with van der Waals surface area (Å²) >= 11 is 0. The van der Waals surface area contributed by atoms with Gasteiger partial charge in [0.15, 0.2) is 0 Å². The largest absolute Gasteiger partial charge is 0.386 e. The molecule has 1 N–H and O–H groups in total. The summed E-state index contributed by atoms with van der Waals surface area (Å²) in [6, 6.07) is 10.00. The summed E-state index contributed by atoms with van der Waals surface area (Å²) in [7, 11) is 0. The van der Waals surface area contributed by atoms with E-state index < -0.39 is 6.10 Å². The fourth-order valence-corrected chi connectivity index (χ4v) is 1.81. The van der Waals surface area contributed by atoms with Gasteiger partial charge in [-0.05, 0) is 12.5 Å². The Labute approximate surface area is 95.4 Å². The van der Waals surface area contributed by atoms with E-state index in [9.17, 15) is 5.11 Å². The third-order valence-electron chi connectivity index (χ3n) is 2.70. The van der Waals surface area contributed by atoms with E-state index >= 15 is 0 Å². The maximum atomic E-state index is 10.1. The van der Waals surface area contributed by atoms with Gasteiger partial charge in [0.1, 0.15) is 0 Å². The molecule has 0 aliphatic heterocycles. The van der Waals surface area contributed by atoms with Gasteiger partial charge in [0, 0.05) is 13.0 Å². The summed E-state index contributed by atoms with van der Waals surface area (Å²) in [5.74, 6) is 0. The summed E-state index contributed by atoms with van der Waals surface area (Å²) in [5, 5.41) is 10.1. The molecule has 1 unspecified atom stereocenters. The lowest BCUT2D eigenvalue weighted by Gasteiger charge is -2.12. The highest BCUT2D eigenvalue weighted by molar-refractivity contribution is 5.17. The van der Waals surface area contributed by atoms with Crippen LogP contribution in [0, 0.1) is 0 Å². The van der Waals surface area contributed by atoms with Crippen LogP contribution in [0.1, 0.15) is 24.3 Å². The Morgan fingerprint density at radius 2 is 2.06 bits per heavy atom. The van der Waals surface area contributed by atoms with Crippen LogP contribution in [0.3, 0.4) is 0 Å². The first kappa shape index (κ1) is 10.9. The maximum Gasteiger partial charge on any atom is 0.0995 e. The van der Waals surface area contributed by atoms with E-state index in [1.807, 2.05) is 41.8 Å². The molecular weight excluding hydrogens is 200 g/mol. The van der Waals surface area contributed by atoms with Gasteiger partial charge in [-0.1, -0.05) is 30.3 Å². The quantitative estimate of drug-likeness (QED) is 0.850. The minimum Gasteiger partial charge on any atom is -0.386 e. The molecule has 0 amide bonds. The topological polar surface area (TPSA) is 38.0 Å². The van der Waals surface area contributed by atoms with Crippen molar-refractivity contribution in [2.24, 2.45) is 0 Å². The second-order valence-corrected chi connectivity index (χ2v) is 3.81. The summed E-state index contributed by atoms with van der Waals surface area (Å²) in [6.07, 6.45) is 3.64. The molecule has 0 aliphatic rings. The second kappa shape index (κ2) is 4.94. The van der Waals surface area contributed by atoms with Gasteiger partial charge in [-0.25, -0.2) is 4.98 Å². The fourth-order valence-electron chi connectivity index (χ4n) is 1.81. The van der Waals surface area contributed by atoms with Crippen molar-refractivity contribution < 1.29 is 5.11 Å². The predicted octanol–water partition coefficient (Wildman–Crippen LogP) is 2.18. The predicted molar refractivity (Wildman–Crippen MR) is 63.0 cm³/mol. The molecule has 1 aromatic heterocycles. The highest BCUT2D eigenvalue weighted by atomic mass is 16.3. The van der Waals surface area contributed by atoms with Crippen molar-refractivity contribution in [3.8, 4) is 0 Å². The Hall–Kier alpha value is -1.61. The lowest BCUT2D eigenvalue weighted by molar-refractivity contribution is 0.169. The monoisotopic (exact) mass is 216 g/mol. The zero-order valence-corrected chi connectivity index (χ0v) is 9.37. The summed E-state index contributed by atoms with van der Waals surface area (Å²) < 4.78 is 1.97. The van der Waals surface area contributed by atoms with Crippen LogP contribution in [0.15, 0.2) is 42.9 Å². The molecule has 0 fully saturated rings. The van der Waals surface area contributed by atoms with Crippen LogP contribution in [-0.4, -0.2) is 14.7 Å². The first-order valence-corrected chi connectivity index (χ1v) is 5.53. The molecule has 16 heavy (non-hydrogen) atoms. The highest BCUT2D eigenvalue weighted by Crippen LogP contribution is 2.17. The minimum absolute atomic E-state index is 0.482. The second-order valence-electron chi connectivity index (χ2n) is 3.81. The number of aliphatic hydroxyl groups is 1. The summed E-state index contributed by atoms with van der Waals surface area (Å²) in [6.45, 7) is 2.88. The SMILES string of the molecule is CCn1cncc1C(O)Cc1ccccc1. The normalized spacial score (nSPS) is 12.6. The number of aromatic nitrogens is 2. The van der Waals surface area contributed by atoms with Gasteiger partial charge in [-0.2, -0.15) is 0 Å². The third kappa shape index (κ3) is 2.31. The van der Waals surface area contributed by atoms with Crippen LogP contribution in [0.5, 0.6) is 0 Å². The molecule has 0 spiro atoms. The van der Waals surface area contributed by atoms with E-state index in [2.05, 4.69) is 4.98 Å². The fraction of sp³-hybridized carbons (Fsp3) is 0.308. The van der Waals surface area contributed by atoms with E-state index in [-0.39, 0.29) is 0 Å². The van der Waals surface area contributed by atoms with E-state index in [1.165, 1.54) is 0 Å². The highest BCUT2D eigenvalue weighted by Gasteiger charge is 2.12. The molecular formula is C13H16N2O. The number of aryl methyl sites for hydroxylation is 1. The molecule has 1 atom stereocenters. The van der Waals surface area contributed by atoms with Crippen molar-refractivity contribution in [3.63, 3.8) is 0 Å². The van der Waals surface area contributed by atoms with Crippen LogP contribution in [0.2, 0.25) is 0 Å². The molecule has 1 aromatic carbocycles. The van der Waals surface area contributed by atoms with E-state index in [0.29, 0.717) is 6.42 Å². The van der Waals surface area contributed by atoms with E-state index in [0.717, 1.165) is 17.8 Å². The molecule has 84 valence electrons. The Balaban J connectivity index is 2.11. The molecule has 3 nitrogen and oxygen atoms in total. The van der Waals surface area contributed by atoms with Crippen molar-refractivity contribution in [2.75, 3.05) is 0 Å². The molecule has 0 bridgehead atoms. The number of nitrogens with zero attached hydrogens (tertiary/aromatic N) is 2. The summed E-state index contributed by atoms with van der Waals surface area (Å²) in [4.78, 5) is 4.06. The Kier molecular flexibility index (Phi) is 3.37. The minimum atomic E-state index is -0.482. The van der Waals surface area contributed by atoms with Crippen LogP contribution >= 0.6 is 0 Å². The number of hydrogen-bond acceptors (Lipinski definition) is 2. The molecule has 0 aliphatic carbocycles. The lowest BCUT2D eigenvalue weighted by atomic mass is 10.1. The van der Waals surface area contributed by atoms with Crippen LogP contribution in [0.25, 0.3) is 0 Å². The van der Waals surface area contributed by atoms with Gasteiger partial charge in [-0.15, -0.1) is 0 Å². The van der Waals surface area contributed by atoms with Crippen LogP contribution in [0.4, 0.5) is 0 Å². The van der Waals surface area contributed by atoms with Gasteiger partial charge in [0.05, 0.1) is 24.3 Å². The molecule has 0 radical (unpaired) electrons. The zero-order chi connectivity index (χ0) is 11.4. The first-order valence-electron chi connectivity index (χ1n) is 5.53. The van der Waals surface area contributed by atoms with Gasteiger partial charge < -0.3 is 9.67 Å². The van der Waals surface area contributed by atoms with Crippen LogP contribution in [-0.2, 0) is 13.0 Å². The van der Waals surface area contributed by atoms with Gasteiger partial charge >= 0.3 is 0 Å². The Morgan fingerprint density at radius 1 is 1.31 bits per heavy atom. The van der Waals surface area contributed by atoms with Crippen molar-refractivity contribution in [2.45, 2.75) is 26.0 Å². The van der Waals surface area contributed by atoms with Crippen molar-refractivity contribution in [1.82, 2.24) is 9.55 Å². The molecule has 0 saturated carbocycles. The average Bonchev–Trinajstić information content (AvgIpc) is 2.78. The number of rotatable bonds is 4. The number of aliphatic hydroxyl groups excluding tert-OH is 1. The lowest BCUT2D eigenvalue weighted by Crippen LogP contribution is -2.08. The number of benzene rings is 1. The molecule has 1 heterocycles. The summed E-state index contributed by atoms with van der Waals surface area (Å²) in [5.41, 5.74) is 2.02. The maximum absolute atomic E-state index is 10.1. The molecule has 3 heteroatoms. The van der Waals surface area contributed by atoms with Crippen molar-refractivity contribution in [1.29, 1.82) is 0 Å². The van der Waals surface area contributed by atoms with Crippen LogP contribution < -0.4 is 0 Å². The van der Waals surface area contributed by atoms with Gasteiger partial charge in [0.2, 0.25) is 0 Å². The molecule has 2 rings (SSSR count). The standard InChI is InChI=1S/C13H16N2O/c1-2-15-10-14-9-12(15)13(16)8-11-6-4-3-5-7-11/h3-7,9-10,13,16H,2,8H2,1H3. The zero-order valence-electron chi connectivity index (χ0n) is 9.37. The van der Waals surface area contributed by atoms with Gasteiger partial charge in [0.25, 0.3) is 0 Å².